The molecule has 1 N–H and O–H groups in total. The molecule has 0 amide bonds. The van der Waals surface area contributed by atoms with Gasteiger partial charge in [0.05, 0.1) is 11.3 Å². The zero-order chi connectivity index (χ0) is 22.4. The molecule has 1 aromatic heterocycles. The van der Waals surface area contributed by atoms with Crippen molar-refractivity contribution in [1.82, 2.24) is 5.32 Å². The van der Waals surface area contributed by atoms with Gasteiger partial charge in [-0.3, -0.25) is 5.32 Å². The number of allylic oxidation sites excluding steroid dienone is 1. The van der Waals surface area contributed by atoms with E-state index in [2.05, 4.69) is 102 Å². The Hall–Kier alpha value is -1.71. The molecule has 1 aliphatic carbocycles. The molecule has 1 aromatic carbocycles. The van der Waals surface area contributed by atoms with Gasteiger partial charge in [0.1, 0.15) is 0 Å². The molecule has 1 heterocycles. The largest absolute Gasteiger partial charge is 0.356 e. The molecule has 0 bridgehead atoms. The Morgan fingerprint density at radius 1 is 1.23 bits per heavy atom. The first-order valence-corrected chi connectivity index (χ1v) is 11.5. The number of methoxy groups -OCH3 is 1. The number of fused-ring (bicyclic) bond motifs is 1. The highest BCUT2D eigenvalue weighted by Gasteiger charge is 2.75. The quantitative estimate of drug-likeness (QED) is 0.447. The van der Waals surface area contributed by atoms with Crippen LogP contribution < -0.4 is 9.88 Å². The van der Waals surface area contributed by atoms with E-state index in [9.17, 15) is 0 Å². The standard InChI is InChI=1S/C27H41N2O/c1-11-19(6)24-25(27(24,30-10)28-18(4)5)29-22-15-13-12-14-20(22)21(26(7,8)9)16-23(29)17(2)3/h12-16,18-19,24-25,28H,2,11H2,1,3-10H3/q+1/t19?,24-,25?,27?/m1/s1. The lowest BCUT2D eigenvalue weighted by Crippen LogP contribution is -2.49. The summed E-state index contributed by atoms with van der Waals surface area (Å²) in [4.78, 5) is 0. The number of hydrogen-bond donors (Lipinski definition) is 1. The van der Waals surface area contributed by atoms with E-state index in [4.69, 9.17) is 4.74 Å². The molecule has 3 heteroatoms. The summed E-state index contributed by atoms with van der Waals surface area (Å²) >= 11 is 0. The van der Waals surface area contributed by atoms with Crippen LogP contribution in [-0.2, 0) is 10.2 Å². The highest BCUT2D eigenvalue weighted by atomic mass is 16.5. The Kier molecular flexibility index (Phi) is 6.19. The number of nitrogens with zero attached hydrogens (tertiary/aromatic N) is 1. The number of aromatic nitrogens is 1. The SMILES string of the molecule is C=C(C)c1cc(C(C)(C)C)c2ccccc2[n+]1C1[C@@H](C(C)CC)C1(NC(C)C)OC. The number of nitrogens with one attached hydrogen (secondary N) is 1. The van der Waals surface area contributed by atoms with E-state index in [1.165, 1.54) is 22.2 Å². The minimum absolute atomic E-state index is 0.0527. The van der Waals surface area contributed by atoms with Gasteiger partial charge in [0.2, 0.25) is 17.3 Å². The molecule has 3 rings (SSSR count). The predicted molar refractivity (Wildman–Crippen MR) is 128 cm³/mol. The van der Waals surface area contributed by atoms with Gasteiger partial charge in [-0.2, -0.15) is 4.57 Å². The van der Waals surface area contributed by atoms with Crippen molar-refractivity contribution in [3.05, 3.63) is 48.2 Å². The second-order valence-corrected chi connectivity index (χ2v) is 10.5. The fraction of sp³-hybridized carbons (Fsp3) is 0.593. The van der Waals surface area contributed by atoms with Crippen molar-refractivity contribution in [3.63, 3.8) is 0 Å². The van der Waals surface area contributed by atoms with Gasteiger partial charge in [-0.15, -0.1) is 0 Å². The van der Waals surface area contributed by atoms with Crippen LogP contribution in [0.2, 0.25) is 0 Å². The summed E-state index contributed by atoms with van der Waals surface area (Å²) in [5, 5.41) is 5.12. The van der Waals surface area contributed by atoms with Crippen molar-refractivity contribution < 1.29 is 9.30 Å². The van der Waals surface area contributed by atoms with Crippen LogP contribution in [0.1, 0.15) is 79.1 Å². The lowest BCUT2D eigenvalue weighted by Gasteiger charge is -2.23. The number of rotatable bonds is 7. The maximum atomic E-state index is 6.28. The lowest BCUT2D eigenvalue weighted by molar-refractivity contribution is -0.687. The number of hydrogen-bond acceptors (Lipinski definition) is 2. The van der Waals surface area contributed by atoms with Crippen molar-refractivity contribution in [3.8, 4) is 0 Å². The van der Waals surface area contributed by atoms with Crippen molar-refractivity contribution >= 4 is 16.5 Å². The molecule has 4 atom stereocenters. The summed E-state index contributed by atoms with van der Waals surface area (Å²) in [5.41, 5.74) is 4.64. The Morgan fingerprint density at radius 2 is 1.87 bits per heavy atom. The van der Waals surface area contributed by atoms with E-state index in [0.717, 1.165) is 12.0 Å². The maximum absolute atomic E-state index is 6.28. The van der Waals surface area contributed by atoms with E-state index < -0.39 is 0 Å². The molecule has 0 aliphatic heterocycles. The first kappa shape index (κ1) is 23.0. The van der Waals surface area contributed by atoms with E-state index in [1.807, 2.05) is 7.11 Å². The van der Waals surface area contributed by atoms with Crippen LogP contribution in [0.15, 0.2) is 36.9 Å². The summed E-state index contributed by atoms with van der Waals surface area (Å²) in [7, 11) is 1.86. The number of benzene rings is 1. The van der Waals surface area contributed by atoms with E-state index in [1.54, 1.807) is 0 Å². The number of para-hydroxylation sites is 1. The first-order valence-electron chi connectivity index (χ1n) is 11.5. The van der Waals surface area contributed by atoms with Crippen molar-refractivity contribution in [1.29, 1.82) is 0 Å². The summed E-state index contributed by atoms with van der Waals surface area (Å²) in [6.07, 6.45) is 1.13. The van der Waals surface area contributed by atoms with Crippen LogP contribution in [0, 0.1) is 11.8 Å². The van der Waals surface area contributed by atoms with Gasteiger partial charge in [0, 0.05) is 30.9 Å². The average molecular weight is 410 g/mol. The third-order valence-electron chi connectivity index (χ3n) is 6.79. The van der Waals surface area contributed by atoms with Crippen molar-refractivity contribution in [2.45, 2.75) is 85.0 Å². The number of ether oxygens (including phenoxy) is 1. The molecule has 1 fully saturated rings. The lowest BCUT2D eigenvalue weighted by atomic mass is 9.83. The van der Waals surface area contributed by atoms with Crippen LogP contribution in [0.3, 0.4) is 0 Å². The van der Waals surface area contributed by atoms with Gasteiger partial charge in [-0.05, 0) is 43.7 Å². The Balaban J connectivity index is 2.34. The summed E-state index contributed by atoms with van der Waals surface area (Å²) in [6, 6.07) is 11.8. The molecule has 30 heavy (non-hydrogen) atoms. The minimum atomic E-state index is -0.357. The van der Waals surface area contributed by atoms with Gasteiger partial charge in [-0.1, -0.05) is 59.8 Å². The molecule has 3 unspecified atom stereocenters. The van der Waals surface area contributed by atoms with E-state index in [0.29, 0.717) is 17.9 Å². The zero-order valence-electron chi connectivity index (χ0n) is 20.5. The molecular weight excluding hydrogens is 368 g/mol. The first-order chi connectivity index (χ1) is 14.0. The topological polar surface area (TPSA) is 25.1 Å². The zero-order valence-corrected chi connectivity index (χ0v) is 20.5. The molecule has 2 aromatic rings. The molecule has 0 spiro atoms. The molecule has 3 nitrogen and oxygen atoms in total. The molecule has 1 aliphatic rings. The normalized spacial score (nSPS) is 25.0. The van der Waals surface area contributed by atoms with Crippen LogP contribution >= 0.6 is 0 Å². The van der Waals surface area contributed by atoms with Crippen LogP contribution in [-0.4, -0.2) is 18.9 Å². The van der Waals surface area contributed by atoms with Gasteiger partial charge in [-0.25, -0.2) is 0 Å². The third-order valence-corrected chi connectivity index (χ3v) is 6.79. The molecule has 0 saturated heterocycles. The Labute approximate surface area is 183 Å². The van der Waals surface area contributed by atoms with Gasteiger partial charge < -0.3 is 4.74 Å². The van der Waals surface area contributed by atoms with E-state index >= 15 is 0 Å². The Morgan fingerprint density at radius 3 is 2.37 bits per heavy atom. The van der Waals surface area contributed by atoms with Crippen molar-refractivity contribution in [2.75, 3.05) is 7.11 Å². The second-order valence-electron chi connectivity index (χ2n) is 10.5. The van der Waals surface area contributed by atoms with Gasteiger partial charge in [0.15, 0.2) is 5.72 Å². The number of pyridine rings is 1. The molecular formula is C27H41N2O+. The maximum Gasteiger partial charge on any atom is 0.213 e. The highest BCUT2D eigenvalue weighted by Crippen LogP contribution is 2.57. The minimum Gasteiger partial charge on any atom is -0.356 e. The molecule has 0 radical (unpaired) electrons. The van der Waals surface area contributed by atoms with Crippen molar-refractivity contribution in [2.24, 2.45) is 11.8 Å². The van der Waals surface area contributed by atoms with E-state index in [-0.39, 0.29) is 17.2 Å². The summed E-state index contributed by atoms with van der Waals surface area (Å²) in [5.74, 6) is 0.953. The fourth-order valence-corrected chi connectivity index (χ4v) is 5.24. The van der Waals surface area contributed by atoms with Gasteiger partial charge >= 0.3 is 0 Å². The molecule has 1 saturated carbocycles. The van der Waals surface area contributed by atoms with Crippen LogP contribution in [0.5, 0.6) is 0 Å². The molecule has 164 valence electrons. The monoisotopic (exact) mass is 409 g/mol. The van der Waals surface area contributed by atoms with Gasteiger partial charge in [0.25, 0.3) is 0 Å². The highest BCUT2D eigenvalue weighted by molar-refractivity contribution is 5.82. The fourth-order valence-electron chi connectivity index (χ4n) is 5.24. The van der Waals surface area contributed by atoms with Crippen LogP contribution in [0.25, 0.3) is 16.5 Å². The average Bonchev–Trinajstić information content (AvgIpc) is 3.31. The third kappa shape index (κ3) is 3.71. The summed E-state index contributed by atoms with van der Waals surface area (Å²) < 4.78 is 8.80. The smallest absolute Gasteiger partial charge is 0.213 e. The predicted octanol–water partition coefficient (Wildman–Crippen LogP) is 6.02. The second kappa shape index (κ2) is 8.09. The Bertz CT molecular complexity index is 940. The summed E-state index contributed by atoms with van der Waals surface area (Å²) in [6.45, 7) is 22.4. The van der Waals surface area contributed by atoms with Crippen LogP contribution in [0.4, 0.5) is 0 Å².